The molecule has 0 aromatic heterocycles. The molecule has 0 bridgehead atoms. The number of nitrogens with zero attached hydrogens (tertiary/aromatic N) is 1. The molecule has 0 aliphatic carbocycles. The number of rotatable bonds is 2. The van der Waals surface area contributed by atoms with Crippen LogP contribution in [0.3, 0.4) is 0 Å². The fourth-order valence-corrected chi connectivity index (χ4v) is 2.32. The summed E-state index contributed by atoms with van der Waals surface area (Å²) in [6.07, 6.45) is 0.304. The zero-order valence-electron chi connectivity index (χ0n) is 9.93. The maximum atomic E-state index is 13.7. The highest BCUT2D eigenvalue weighted by molar-refractivity contribution is 5.55. The Bertz CT molecular complexity index is 387. The molecule has 0 spiro atoms. The molecule has 94 valence electrons. The van der Waals surface area contributed by atoms with E-state index < -0.39 is 6.10 Å². The van der Waals surface area contributed by atoms with Crippen molar-refractivity contribution in [1.82, 2.24) is 0 Å². The van der Waals surface area contributed by atoms with Crippen LogP contribution in [-0.4, -0.2) is 29.4 Å². The standard InChI is InChI=1S/C13H18FNO2/c1-9(16)13-11(14)3-2-4-12(13)15-7-5-10(17)6-8-15/h2-4,9-10,16-17H,5-8H2,1H3/t9-/m0/s1. The molecule has 1 aromatic carbocycles. The van der Waals surface area contributed by atoms with Gasteiger partial charge in [-0.15, -0.1) is 0 Å². The largest absolute Gasteiger partial charge is 0.393 e. The van der Waals surface area contributed by atoms with E-state index in [4.69, 9.17) is 0 Å². The number of aliphatic hydroxyl groups excluding tert-OH is 2. The Morgan fingerprint density at radius 1 is 1.35 bits per heavy atom. The highest BCUT2D eigenvalue weighted by atomic mass is 19.1. The third-order valence-corrected chi connectivity index (χ3v) is 3.25. The molecule has 0 saturated carbocycles. The molecule has 1 saturated heterocycles. The van der Waals surface area contributed by atoms with E-state index in [0.29, 0.717) is 31.5 Å². The Balaban J connectivity index is 2.28. The molecule has 1 aliphatic rings. The van der Waals surface area contributed by atoms with Crippen LogP contribution in [0.2, 0.25) is 0 Å². The molecular formula is C13H18FNO2. The molecule has 1 aliphatic heterocycles. The van der Waals surface area contributed by atoms with Crippen LogP contribution in [-0.2, 0) is 0 Å². The van der Waals surface area contributed by atoms with Crippen molar-refractivity contribution in [3.8, 4) is 0 Å². The van der Waals surface area contributed by atoms with Crippen molar-refractivity contribution in [1.29, 1.82) is 0 Å². The number of hydrogen-bond acceptors (Lipinski definition) is 3. The van der Waals surface area contributed by atoms with Crippen LogP contribution < -0.4 is 4.90 Å². The molecule has 1 fully saturated rings. The number of hydrogen-bond donors (Lipinski definition) is 2. The van der Waals surface area contributed by atoms with Gasteiger partial charge in [0.25, 0.3) is 0 Å². The smallest absolute Gasteiger partial charge is 0.131 e. The van der Waals surface area contributed by atoms with E-state index >= 15 is 0 Å². The van der Waals surface area contributed by atoms with E-state index in [-0.39, 0.29) is 11.9 Å². The molecule has 1 aromatic rings. The summed E-state index contributed by atoms with van der Waals surface area (Å²) in [6, 6.07) is 4.84. The molecule has 2 N–H and O–H groups in total. The molecule has 2 rings (SSSR count). The van der Waals surface area contributed by atoms with E-state index in [9.17, 15) is 14.6 Å². The van der Waals surface area contributed by atoms with Gasteiger partial charge in [0.15, 0.2) is 0 Å². The number of halogens is 1. The van der Waals surface area contributed by atoms with Gasteiger partial charge in [-0.05, 0) is 31.9 Å². The van der Waals surface area contributed by atoms with Gasteiger partial charge in [0.1, 0.15) is 5.82 Å². The zero-order valence-corrected chi connectivity index (χ0v) is 9.93. The molecule has 3 nitrogen and oxygen atoms in total. The first-order valence-electron chi connectivity index (χ1n) is 5.99. The fourth-order valence-electron chi connectivity index (χ4n) is 2.32. The monoisotopic (exact) mass is 239 g/mol. The minimum atomic E-state index is -0.821. The third-order valence-electron chi connectivity index (χ3n) is 3.25. The minimum Gasteiger partial charge on any atom is -0.393 e. The van der Waals surface area contributed by atoms with E-state index in [0.717, 1.165) is 5.69 Å². The minimum absolute atomic E-state index is 0.255. The van der Waals surface area contributed by atoms with Crippen molar-refractivity contribution in [3.05, 3.63) is 29.6 Å². The van der Waals surface area contributed by atoms with E-state index in [1.807, 2.05) is 11.0 Å². The molecule has 1 heterocycles. The molecule has 0 amide bonds. The second-order valence-corrected chi connectivity index (χ2v) is 4.57. The number of aliphatic hydroxyl groups is 2. The molecular weight excluding hydrogens is 221 g/mol. The van der Waals surface area contributed by atoms with Crippen molar-refractivity contribution in [2.75, 3.05) is 18.0 Å². The van der Waals surface area contributed by atoms with Gasteiger partial charge < -0.3 is 15.1 Å². The van der Waals surface area contributed by atoms with Gasteiger partial charge in [-0.3, -0.25) is 0 Å². The summed E-state index contributed by atoms with van der Waals surface area (Å²) in [4.78, 5) is 2.03. The maximum Gasteiger partial charge on any atom is 0.131 e. The molecule has 0 radical (unpaired) electrons. The van der Waals surface area contributed by atoms with E-state index in [2.05, 4.69) is 0 Å². The molecule has 1 atom stereocenters. The first kappa shape index (κ1) is 12.3. The summed E-state index contributed by atoms with van der Waals surface area (Å²) in [5.41, 5.74) is 1.09. The predicted molar refractivity (Wildman–Crippen MR) is 64.5 cm³/mol. The van der Waals surface area contributed by atoms with Crippen molar-refractivity contribution < 1.29 is 14.6 Å². The van der Waals surface area contributed by atoms with Gasteiger partial charge in [-0.25, -0.2) is 4.39 Å². The lowest BCUT2D eigenvalue weighted by molar-refractivity contribution is 0.145. The van der Waals surface area contributed by atoms with Crippen LogP contribution >= 0.6 is 0 Å². The molecule has 0 unspecified atom stereocenters. The van der Waals surface area contributed by atoms with Gasteiger partial charge in [0, 0.05) is 24.3 Å². The van der Waals surface area contributed by atoms with E-state index in [1.165, 1.54) is 6.07 Å². The Kier molecular flexibility index (Phi) is 3.64. The third kappa shape index (κ3) is 2.58. The normalized spacial score (nSPS) is 19.4. The lowest BCUT2D eigenvalue weighted by Crippen LogP contribution is -2.36. The Hall–Kier alpha value is -1.13. The summed E-state index contributed by atoms with van der Waals surface area (Å²) in [5.74, 6) is -0.372. The van der Waals surface area contributed by atoms with E-state index in [1.54, 1.807) is 13.0 Å². The Morgan fingerprint density at radius 2 is 2.00 bits per heavy atom. The van der Waals surface area contributed by atoms with Crippen LogP contribution in [0.15, 0.2) is 18.2 Å². The summed E-state index contributed by atoms with van der Waals surface area (Å²) >= 11 is 0. The van der Waals surface area contributed by atoms with Gasteiger partial charge in [-0.1, -0.05) is 6.07 Å². The first-order valence-corrected chi connectivity index (χ1v) is 5.99. The van der Waals surface area contributed by atoms with Crippen LogP contribution in [0.1, 0.15) is 31.4 Å². The summed E-state index contributed by atoms with van der Waals surface area (Å²) in [5, 5.41) is 19.1. The van der Waals surface area contributed by atoms with Crippen molar-refractivity contribution >= 4 is 5.69 Å². The average Bonchev–Trinajstić information content (AvgIpc) is 2.29. The van der Waals surface area contributed by atoms with Gasteiger partial charge in [-0.2, -0.15) is 0 Å². The maximum absolute atomic E-state index is 13.7. The molecule has 4 heteroatoms. The number of benzene rings is 1. The topological polar surface area (TPSA) is 43.7 Å². The highest BCUT2D eigenvalue weighted by Gasteiger charge is 2.22. The van der Waals surface area contributed by atoms with Crippen LogP contribution in [0.4, 0.5) is 10.1 Å². The lowest BCUT2D eigenvalue weighted by Gasteiger charge is -2.33. The van der Waals surface area contributed by atoms with Crippen molar-refractivity contribution in [2.45, 2.75) is 32.0 Å². The predicted octanol–water partition coefficient (Wildman–Crippen LogP) is 1.84. The Labute approximate surface area is 100 Å². The van der Waals surface area contributed by atoms with Gasteiger partial charge in [0.05, 0.1) is 12.2 Å². The quantitative estimate of drug-likeness (QED) is 0.827. The van der Waals surface area contributed by atoms with Crippen molar-refractivity contribution in [2.24, 2.45) is 0 Å². The second kappa shape index (κ2) is 5.02. The highest BCUT2D eigenvalue weighted by Crippen LogP contribution is 2.30. The zero-order chi connectivity index (χ0) is 12.4. The number of anilines is 1. The lowest BCUT2D eigenvalue weighted by atomic mass is 10.0. The first-order chi connectivity index (χ1) is 8.09. The number of piperidine rings is 1. The summed E-state index contributed by atoms with van der Waals surface area (Å²) in [7, 11) is 0. The summed E-state index contributed by atoms with van der Waals surface area (Å²) in [6.45, 7) is 2.97. The van der Waals surface area contributed by atoms with Gasteiger partial charge in [0.2, 0.25) is 0 Å². The van der Waals surface area contributed by atoms with Gasteiger partial charge >= 0.3 is 0 Å². The van der Waals surface area contributed by atoms with Crippen LogP contribution in [0.5, 0.6) is 0 Å². The SMILES string of the molecule is C[C@H](O)c1c(F)cccc1N1CCC(O)CC1. The van der Waals surface area contributed by atoms with Crippen molar-refractivity contribution in [3.63, 3.8) is 0 Å². The second-order valence-electron chi connectivity index (χ2n) is 4.57. The fraction of sp³-hybridized carbons (Fsp3) is 0.538. The summed E-state index contributed by atoms with van der Waals surface area (Å²) < 4.78 is 13.7. The van der Waals surface area contributed by atoms with Crippen LogP contribution in [0, 0.1) is 5.82 Å². The Morgan fingerprint density at radius 3 is 2.59 bits per heavy atom. The van der Waals surface area contributed by atoms with Crippen LogP contribution in [0.25, 0.3) is 0 Å². The molecule has 17 heavy (non-hydrogen) atoms. The average molecular weight is 239 g/mol.